The number of halogens is 3. The predicted molar refractivity (Wildman–Crippen MR) is 98.0 cm³/mol. The second kappa shape index (κ2) is 7.51. The zero-order valence-electron chi connectivity index (χ0n) is 15.8. The van der Waals surface area contributed by atoms with Crippen LogP contribution in [-0.4, -0.2) is 50.4 Å². The fourth-order valence-corrected chi connectivity index (χ4v) is 3.69. The van der Waals surface area contributed by atoms with Crippen LogP contribution in [0.25, 0.3) is 10.9 Å². The Bertz CT molecular complexity index is 1040. The van der Waals surface area contributed by atoms with Crippen LogP contribution in [0.5, 0.6) is 0 Å². The maximum absolute atomic E-state index is 13.0. The highest BCUT2D eigenvalue weighted by molar-refractivity contribution is 5.89. The molecule has 0 radical (unpaired) electrons. The molecule has 0 spiro atoms. The largest absolute Gasteiger partial charge is 0.451 e. The Morgan fingerprint density at radius 1 is 1.21 bits per heavy atom. The molecule has 29 heavy (non-hydrogen) atoms. The summed E-state index contributed by atoms with van der Waals surface area (Å²) in [5.74, 6) is -1.01. The maximum Gasteiger partial charge on any atom is 0.451 e. The molecule has 0 atom stereocenters. The molecule has 10 heteroatoms. The summed E-state index contributed by atoms with van der Waals surface area (Å²) in [5, 5.41) is 7.87. The van der Waals surface area contributed by atoms with E-state index in [1.54, 1.807) is 7.11 Å². The highest BCUT2D eigenvalue weighted by atomic mass is 19.4. The van der Waals surface area contributed by atoms with Crippen LogP contribution in [0.15, 0.2) is 30.5 Å². The Balaban J connectivity index is 1.53. The second-order valence-electron chi connectivity index (χ2n) is 6.94. The molecule has 7 nitrogen and oxygen atoms in total. The van der Waals surface area contributed by atoms with E-state index in [4.69, 9.17) is 4.74 Å². The number of rotatable bonds is 5. The number of benzene rings is 1. The summed E-state index contributed by atoms with van der Waals surface area (Å²) in [7, 11) is 1.63. The summed E-state index contributed by atoms with van der Waals surface area (Å²) >= 11 is 0. The van der Waals surface area contributed by atoms with Crippen molar-refractivity contribution in [2.45, 2.75) is 32.2 Å². The molecule has 0 saturated heterocycles. The zero-order chi connectivity index (χ0) is 20.6. The molecule has 1 amide bonds. The summed E-state index contributed by atoms with van der Waals surface area (Å²) in [6, 6.07) is 7.80. The van der Waals surface area contributed by atoms with E-state index < -0.39 is 12.0 Å². The van der Waals surface area contributed by atoms with E-state index in [1.165, 1.54) is 4.90 Å². The van der Waals surface area contributed by atoms with Gasteiger partial charge in [-0.2, -0.15) is 13.2 Å². The number of hydrogen-bond donors (Lipinski definition) is 0. The maximum atomic E-state index is 13.0. The van der Waals surface area contributed by atoms with Gasteiger partial charge in [0.25, 0.3) is 0 Å². The van der Waals surface area contributed by atoms with Gasteiger partial charge in [-0.3, -0.25) is 4.79 Å². The number of carbonyl (C=O) groups excluding carboxylic acids is 1. The number of nitrogens with zero attached hydrogens (tertiary/aromatic N) is 5. The van der Waals surface area contributed by atoms with Crippen molar-refractivity contribution in [3.63, 3.8) is 0 Å². The minimum absolute atomic E-state index is 0.0181. The van der Waals surface area contributed by atoms with Gasteiger partial charge in [0, 0.05) is 43.8 Å². The van der Waals surface area contributed by atoms with E-state index in [1.807, 2.05) is 35.0 Å². The first-order valence-electron chi connectivity index (χ1n) is 9.21. The summed E-state index contributed by atoms with van der Waals surface area (Å²) in [5.41, 5.74) is 1.89. The molecular formula is C19H20F3N5O2. The Hall–Kier alpha value is -2.88. The molecule has 0 aliphatic carbocycles. The first-order valence-corrected chi connectivity index (χ1v) is 9.21. The summed E-state index contributed by atoms with van der Waals surface area (Å²) < 4.78 is 47.2. The quantitative estimate of drug-likeness (QED) is 0.652. The third kappa shape index (κ3) is 3.71. The molecule has 1 aromatic carbocycles. The molecule has 0 N–H and O–H groups in total. The van der Waals surface area contributed by atoms with Gasteiger partial charge in [-0.15, -0.1) is 10.2 Å². The second-order valence-corrected chi connectivity index (χ2v) is 6.94. The van der Waals surface area contributed by atoms with Crippen LogP contribution in [0.2, 0.25) is 0 Å². The van der Waals surface area contributed by atoms with E-state index in [9.17, 15) is 18.0 Å². The third-order valence-corrected chi connectivity index (χ3v) is 5.11. The molecule has 2 aromatic heterocycles. The van der Waals surface area contributed by atoms with Gasteiger partial charge in [-0.05, 0) is 11.6 Å². The van der Waals surface area contributed by atoms with Gasteiger partial charge in [-0.25, -0.2) is 0 Å². The summed E-state index contributed by atoms with van der Waals surface area (Å²) in [6.45, 7) is 1.45. The molecule has 1 aliphatic heterocycles. The number of ether oxygens (including phenoxy) is 1. The van der Waals surface area contributed by atoms with Crippen molar-refractivity contribution >= 4 is 16.8 Å². The van der Waals surface area contributed by atoms with E-state index in [0.29, 0.717) is 13.2 Å². The predicted octanol–water partition coefficient (Wildman–Crippen LogP) is 2.48. The van der Waals surface area contributed by atoms with Crippen molar-refractivity contribution in [1.82, 2.24) is 24.2 Å². The van der Waals surface area contributed by atoms with Crippen LogP contribution >= 0.6 is 0 Å². The van der Waals surface area contributed by atoms with Crippen molar-refractivity contribution in [3.05, 3.63) is 47.7 Å². The van der Waals surface area contributed by atoms with E-state index in [2.05, 4.69) is 10.2 Å². The van der Waals surface area contributed by atoms with Gasteiger partial charge < -0.3 is 18.8 Å². The molecule has 0 saturated carbocycles. The van der Waals surface area contributed by atoms with E-state index in [-0.39, 0.29) is 37.8 Å². The van der Waals surface area contributed by atoms with Crippen molar-refractivity contribution in [2.24, 2.45) is 0 Å². The van der Waals surface area contributed by atoms with E-state index in [0.717, 1.165) is 21.0 Å². The standard InChI is InChI=1S/C19H20F3N5O2/c1-29-9-8-25-11-13(14-4-2-3-5-15(14)25)10-17(28)26-6-7-27-16(12-26)23-24-18(27)19(20,21)22/h2-5,11H,6-10,12H2,1H3. The monoisotopic (exact) mass is 407 g/mol. The molecule has 3 aromatic rings. The average Bonchev–Trinajstić information content (AvgIpc) is 3.27. The fourth-order valence-electron chi connectivity index (χ4n) is 3.69. The molecule has 4 rings (SSSR count). The number of alkyl halides is 3. The van der Waals surface area contributed by atoms with Crippen LogP contribution in [0.4, 0.5) is 13.2 Å². The number of carbonyl (C=O) groups is 1. The summed E-state index contributed by atoms with van der Waals surface area (Å²) in [4.78, 5) is 14.4. The van der Waals surface area contributed by atoms with Crippen molar-refractivity contribution in [1.29, 1.82) is 0 Å². The van der Waals surface area contributed by atoms with Crippen LogP contribution in [0, 0.1) is 0 Å². The Labute approximate surface area is 164 Å². The lowest BCUT2D eigenvalue weighted by Gasteiger charge is -2.28. The number of para-hydroxylation sites is 1. The third-order valence-electron chi connectivity index (χ3n) is 5.11. The number of aromatic nitrogens is 4. The van der Waals surface area contributed by atoms with Gasteiger partial charge in [0.2, 0.25) is 11.7 Å². The van der Waals surface area contributed by atoms with Crippen molar-refractivity contribution in [3.8, 4) is 0 Å². The zero-order valence-corrected chi connectivity index (χ0v) is 15.8. The lowest BCUT2D eigenvalue weighted by Crippen LogP contribution is -2.40. The SMILES string of the molecule is COCCn1cc(CC(=O)N2CCn3c(nnc3C(F)(F)F)C2)c2ccccc21. The lowest BCUT2D eigenvalue weighted by atomic mass is 10.1. The number of hydrogen-bond acceptors (Lipinski definition) is 4. The van der Waals surface area contributed by atoms with Crippen LogP contribution < -0.4 is 0 Å². The van der Waals surface area contributed by atoms with Gasteiger partial charge >= 0.3 is 6.18 Å². The minimum atomic E-state index is -4.55. The topological polar surface area (TPSA) is 65.2 Å². The molecule has 0 unspecified atom stereocenters. The number of amides is 1. The number of methoxy groups -OCH3 is 1. The van der Waals surface area contributed by atoms with Gasteiger partial charge in [-0.1, -0.05) is 18.2 Å². The van der Waals surface area contributed by atoms with Crippen molar-refractivity contribution < 1.29 is 22.7 Å². The lowest BCUT2D eigenvalue weighted by molar-refractivity contribution is -0.148. The van der Waals surface area contributed by atoms with Crippen LogP contribution in [-0.2, 0) is 41.8 Å². The highest BCUT2D eigenvalue weighted by Crippen LogP contribution is 2.29. The first kappa shape index (κ1) is 19.4. The smallest absolute Gasteiger partial charge is 0.383 e. The van der Waals surface area contributed by atoms with E-state index >= 15 is 0 Å². The average molecular weight is 407 g/mol. The molecular weight excluding hydrogens is 387 g/mol. The molecule has 3 heterocycles. The Morgan fingerprint density at radius 3 is 2.76 bits per heavy atom. The summed E-state index contributed by atoms with van der Waals surface area (Å²) in [6.07, 6.45) is -2.45. The van der Waals surface area contributed by atoms with Crippen LogP contribution in [0.3, 0.4) is 0 Å². The fraction of sp³-hybridized carbons (Fsp3) is 0.421. The van der Waals surface area contributed by atoms with Gasteiger partial charge in [0.15, 0.2) is 5.82 Å². The first-order chi connectivity index (χ1) is 13.9. The van der Waals surface area contributed by atoms with Crippen molar-refractivity contribution in [2.75, 3.05) is 20.3 Å². The van der Waals surface area contributed by atoms with Crippen LogP contribution in [0.1, 0.15) is 17.2 Å². The van der Waals surface area contributed by atoms with Gasteiger partial charge in [0.1, 0.15) is 0 Å². The highest BCUT2D eigenvalue weighted by Gasteiger charge is 2.39. The molecule has 154 valence electrons. The number of fused-ring (bicyclic) bond motifs is 2. The molecule has 0 fully saturated rings. The minimum Gasteiger partial charge on any atom is -0.383 e. The Morgan fingerprint density at radius 2 is 2.00 bits per heavy atom. The van der Waals surface area contributed by atoms with Gasteiger partial charge in [0.05, 0.1) is 19.6 Å². The molecule has 1 aliphatic rings. The normalized spacial score (nSPS) is 14.4. The Kier molecular flexibility index (Phi) is 5.03. The molecule has 0 bridgehead atoms.